The maximum atomic E-state index is 10.5. The standard InChI is InChI=1S/C14H21NO3/c1-10(2)15-9-14(3,16)11-4-5-12-13(8-11)18-7-6-17-12/h4-5,8,10,15-16H,6-7,9H2,1-3H3. The van der Waals surface area contributed by atoms with Crippen molar-refractivity contribution in [2.24, 2.45) is 0 Å². The first-order valence-corrected chi connectivity index (χ1v) is 6.35. The molecule has 0 amide bonds. The molecule has 2 N–H and O–H groups in total. The number of nitrogens with one attached hydrogen (secondary N) is 1. The molecule has 0 saturated carbocycles. The normalized spacial score (nSPS) is 17.6. The second-order valence-corrected chi connectivity index (χ2v) is 5.17. The second kappa shape index (κ2) is 5.16. The minimum absolute atomic E-state index is 0.341. The van der Waals surface area contributed by atoms with Crippen LogP contribution in [0.15, 0.2) is 18.2 Å². The Morgan fingerprint density at radius 3 is 2.61 bits per heavy atom. The van der Waals surface area contributed by atoms with Gasteiger partial charge in [-0.25, -0.2) is 0 Å². The molecule has 0 bridgehead atoms. The highest BCUT2D eigenvalue weighted by molar-refractivity contribution is 5.45. The molecule has 1 aromatic carbocycles. The third-order valence-electron chi connectivity index (χ3n) is 3.02. The van der Waals surface area contributed by atoms with Crippen molar-refractivity contribution in [2.75, 3.05) is 19.8 Å². The van der Waals surface area contributed by atoms with E-state index in [9.17, 15) is 5.11 Å². The predicted molar refractivity (Wildman–Crippen MR) is 70.1 cm³/mol. The van der Waals surface area contributed by atoms with E-state index in [2.05, 4.69) is 19.2 Å². The predicted octanol–water partition coefficient (Wildman–Crippen LogP) is 1.66. The molecule has 1 aliphatic heterocycles. The van der Waals surface area contributed by atoms with Crippen LogP contribution in [0.1, 0.15) is 26.3 Å². The molecule has 0 fully saturated rings. The average molecular weight is 251 g/mol. The zero-order valence-corrected chi connectivity index (χ0v) is 11.2. The number of benzene rings is 1. The van der Waals surface area contributed by atoms with E-state index in [1.54, 1.807) is 6.92 Å². The summed E-state index contributed by atoms with van der Waals surface area (Å²) >= 11 is 0. The molecule has 1 aliphatic rings. The topological polar surface area (TPSA) is 50.7 Å². The molecule has 1 unspecified atom stereocenters. The van der Waals surface area contributed by atoms with E-state index in [-0.39, 0.29) is 0 Å². The van der Waals surface area contributed by atoms with Crippen LogP contribution >= 0.6 is 0 Å². The molecule has 1 aromatic rings. The van der Waals surface area contributed by atoms with Crippen LogP contribution in [0.3, 0.4) is 0 Å². The minimum atomic E-state index is -0.917. The fraction of sp³-hybridized carbons (Fsp3) is 0.571. The van der Waals surface area contributed by atoms with Gasteiger partial charge in [0.25, 0.3) is 0 Å². The van der Waals surface area contributed by atoms with E-state index in [1.807, 2.05) is 18.2 Å². The van der Waals surface area contributed by atoms with Crippen LogP contribution in [0, 0.1) is 0 Å². The van der Waals surface area contributed by atoms with Crippen LogP contribution in [-0.4, -0.2) is 30.9 Å². The van der Waals surface area contributed by atoms with Crippen LogP contribution in [0.4, 0.5) is 0 Å². The van der Waals surface area contributed by atoms with Crippen LogP contribution < -0.4 is 14.8 Å². The first kappa shape index (κ1) is 13.2. The molecule has 18 heavy (non-hydrogen) atoms. The lowest BCUT2D eigenvalue weighted by molar-refractivity contribution is 0.0542. The van der Waals surface area contributed by atoms with Gasteiger partial charge in [-0.3, -0.25) is 0 Å². The third kappa shape index (κ3) is 2.94. The number of hydrogen-bond acceptors (Lipinski definition) is 4. The summed E-state index contributed by atoms with van der Waals surface area (Å²) in [5, 5.41) is 13.7. The van der Waals surface area contributed by atoms with Crippen molar-refractivity contribution in [3.63, 3.8) is 0 Å². The lowest BCUT2D eigenvalue weighted by atomic mass is 9.95. The number of ether oxygens (including phenoxy) is 2. The summed E-state index contributed by atoms with van der Waals surface area (Å²) in [4.78, 5) is 0. The van der Waals surface area contributed by atoms with E-state index in [4.69, 9.17) is 9.47 Å². The second-order valence-electron chi connectivity index (χ2n) is 5.17. The molecule has 100 valence electrons. The fourth-order valence-electron chi connectivity index (χ4n) is 1.88. The molecule has 4 nitrogen and oxygen atoms in total. The smallest absolute Gasteiger partial charge is 0.161 e. The molecule has 0 saturated heterocycles. The van der Waals surface area contributed by atoms with Crippen LogP contribution in [0.2, 0.25) is 0 Å². The van der Waals surface area contributed by atoms with Crippen molar-refractivity contribution < 1.29 is 14.6 Å². The van der Waals surface area contributed by atoms with Gasteiger partial charge in [0, 0.05) is 12.6 Å². The van der Waals surface area contributed by atoms with Crippen molar-refractivity contribution in [3.8, 4) is 11.5 Å². The summed E-state index contributed by atoms with van der Waals surface area (Å²) in [6, 6.07) is 5.94. The maximum absolute atomic E-state index is 10.5. The summed E-state index contributed by atoms with van der Waals surface area (Å²) in [6.45, 7) is 7.55. The van der Waals surface area contributed by atoms with Crippen molar-refractivity contribution in [1.82, 2.24) is 5.32 Å². The highest BCUT2D eigenvalue weighted by Crippen LogP contribution is 2.34. The Labute approximate surface area is 108 Å². The Morgan fingerprint density at radius 2 is 1.94 bits per heavy atom. The molecule has 1 atom stereocenters. The lowest BCUT2D eigenvalue weighted by Gasteiger charge is -2.27. The summed E-state index contributed by atoms with van der Waals surface area (Å²) in [5.74, 6) is 1.46. The van der Waals surface area contributed by atoms with E-state index in [1.165, 1.54) is 0 Å². The summed E-state index contributed by atoms with van der Waals surface area (Å²) < 4.78 is 11.0. The maximum Gasteiger partial charge on any atom is 0.161 e. The van der Waals surface area contributed by atoms with Gasteiger partial charge < -0.3 is 19.9 Å². The van der Waals surface area contributed by atoms with Gasteiger partial charge in [0.05, 0.1) is 5.60 Å². The van der Waals surface area contributed by atoms with E-state index in [0.717, 1.165) is 11.3 Å². The fourth-order valence-corrected chi connectivity index (χ4v) is 1.88. The van der Waals surface area contributed by atoms with E-state index in [0.29, 0.717) is 31.5 Å². The monoisotopic (exact) mass is 251 g/mol. The molecule has 0 radical (unpaired) electrons. The highest BCUT2D eigenvalue weighted by atomic mass is 16.6. The Morgan fingerprint density at radius 1 is 1.28 bits per heavy atom. The van der Waals surface area contributed by atoms with Crippen molar-refractivity contribution in [3.05, 3.63) is 23.8 Å². The minimum Gasteiger partial charge on any atom is -0.486 e. The first-order valence-electron chi connectivity index (χ1n) is 6.35. The summed E-state index contributed by atoms with van der Waals surface area (Å²) in [5.41, 5.74) is -0.0833. The largest absolute Gasteiger partial charge is 0.486 e. The van der Waals surface area contributed by atoms with Gasteiger partial charge >= 0.3 is 0 Å². The SMILES string of the molecule is CC(C)NCC(C)(O)c1ccc2c(c1)OCCO2. The molecule has 1 heterocycles. The van der Waals surface area contributed by atoms with Gasteiger partial charge in [0.15, 0.2) is 11.5 Å². The van der Waals surface area contributed by atoms with Crippen molar-refractivity contribution in [1.29, 1.82) is 0 Å². The van der Waals surface area contributed by atoms with Crippen LogP contribution in [-0.2, 0) is 5.60 Å². The van der Waals surface area contributed by atoms with Gasteiger partial charge in [-0.05, 0) is 24.6 Å². The quantitative estimate of drug-likeness (QED) is 0.854. The van der Waals surface area contributed by atoms with Gasteiger partial charge in [-0.15, -0.1) is 0 Å². The van der Waals surface area contributed by atoms with Gasteiger partial charge in [0.2, 0.25) is 0 Å². The number of fused-ring (bicyclic) bond motifs is 1. The number of rotatable bonds is 4. The number of aliphatic hydroxyl groups is 1. The van der Waals surface area contributed by atoms with Gasteiger partial charge in [0.1, 0.15) is 13.2 Å². The van der Waals surface area contributed by atoms with E-state index >= 15 is 0 Å². The van der Waals surface area contributed by atoms with Gasteiger partial charge in [-0.1, -0.05) is 19.9 Å². The van der Waals surface area contributed by atoms with Gasteiger partial charge in [-0.2, -0.15) is 0 Å². The zero-order valence-electron chi connectivity index (χ0n) is 11.2. The summed E-state index contributed by atoms with van der Waals surface area (Å²) in [6.07, 6.45) is 0. The molecule has 0 aliphatic carbocycles. The zero-order chi connectivity index (χ0) is 13.2. The molecular weight excluding hydrogens is 230 g/mol. The average Bonchev–Trinajstić information content (AvgIpc) is 2.36. The molecular formula is C14H21NO3. The number of hydrogen-bond donors (Lipinski definition) is 2. The third-order valence-corrected chi connectivity index (χ3v) is 3.02. The Bertz CT molecular complexity index is 416. The van der Waals surface area contributed by atoms with Crippen LogP contribution in [0.25, 0.3) is 0 Å². The Balaban J connectivity index is 2.16. The highest BCUT2D eigenvalue weighted by Gasteiger charge is 2.25. The van der Waals surface area contributed by atoms with E-state index < -0.39 is 5.60 Å². The summed E-state index contributed by atoms with van der Waals surface area (Å²) in [7, 11) is 0. The Kier molecular flexibility index (Phi) is 3.78. The first-order chi connectivity index (χ1) is 8.49. The van der Waals surface area contributed by atoms with Crippen molar-refractivity contribution in [2.45, 2.75) is 32.4 Å². The molecule has 4 heteroatoms. The van der Waals surface area contributed by atoms with Crippen molar-refractivity contribution >= 4 is 0 Å². The van der Waals surface area contributed by atoms with Crippen LogP contribution in [0.5, 0.6) is 11.5 Å². The molecule has 2 rings (SSSR count). The molecule has 0 aromatic heterocycles. The Hall–Kier alpha value is -1.26. The lowest BCUT2D eigenvalue weighted by Crippen LogP contribution is -2.38. The molecule has 0 spiro atoms.